The van der Waals surface area contributed by atoms with Gasteiger partial charge in [0.2, 0.25) is 11.8 Å². The highest BCUT2D eigenvalue weighted by molar-refractivity contribution is 5.87. The largest absolute Gasteiger partial charge is 0.497 e. The molecular formula is C27H36N2O4. The molecule has 1 fully saturated rings. The Morgan fingerprint density at radius 2 is 1.73 bits per heavy atom. The monoisotopic (exact) mass is 452 g/mol. The molecule has 1 atom stereocenters. The molecule has 33 heavy (non-hydrogen) atoms. The molecule has 6 nitrogen and oxygen atoms in total. The highest BCUT2D eigenvalue weighted by Crippen LogP contribution is 2.20. The molecule has 0 radical (unpaired) electrons. The summed E-state index contributed by atoms with van der Waals surface area (Å²) in [7, 11) is 1.62. The van der Waals surface area contributed by atoms with E-state index in [9.17, 15) is 9.59 Å². The number of carbonyl (C=O) groups is 2. The molecule has 0 aromatic heterocycles. The number of nitrogens with zero attached hydrogens (tertiary/aromatic N) is 1. The number of aryl methyl sites for hydroxylation is 1. The molecule has 0 unspecified atom stereocenters. The van der Waals surface area contributed by atoms with Crippen LogP contribution in [0.2, 0.25) is 0 Å². The van der Waals surface area contributed by atoms with Crippen LogP contribution >= 0.6 is 0 Å². The number of amides is 2. The average Bonchev–Trinajstić information content (AvgIpc) is 3.34. The quantitative estimate of drug-likeness (QED) is 0.505. The van der Waals surface area contributed by atoms with E-state index >= 15 is 0 Å². The normalized spacial score (nSPS) is 14.5. The SMILES string of the molecule is COc1ccc(OCCCC(=O)N(Cc2ccccc2C)[C@@H](C)C(=O)NC2CCCC2)cc1. The lowest BCUT2D eigenvalue weighted by molar-refractivity contribution is -0.141. The fourth-order valence-corrected chi connectivity index (χ4v) is 4.17. The summed E-state index contributed by atoms with van der Waals surface area (Å²) in [6, 6.07) is 15.1. The zero-order chi connectivity index (χ0) is 23.6. The smallest absolute Gasteiger partial charge is 0.242 e. The molecule has 0 aliphatic heterocycles. The van der Waals surface area contributed by atoms with Gasteiger partial charge in [-0.25, -0.2) is 0 Å². The second-order valence-electron chi connectivity index (χ2n) is 8.74. The fourth-order valence-electron chi connectivity index (χ4n) is 4.17. The molecule has 0 bridgehead atoms. The molecule has 2 aromatic carbocycles. The van der Waals surface area contributed by atoms with Crippen LogP contribution in [0.3, 0.4) is 0 Å². The van der Waals surface area contributed by atoms with Crippen molar-refractivity contribution in [2.45, 2.75) is 71.0 Å². The van der Waals surface area contributed by atoms with Gasteiger partial charge in [-0.2, -0.15) is 0 Å². The number of benzene rings is 2. The molecule has 1 N–H and O–H groups in total. The van der Waals surface area contributed by atoms with E-state index in [4.69, 9.17) is 9.47 Å². The van der Waals surface area contributed by atoms with Crippen molar-refractivity contribution in [2.75, 3.05) is 13.7 Å². The van der Waals surface area contributed by atoms with Gasteiger partial charge in [-0.1, -0.05) is 37.1 Å². The molecule has 1 saturated carbocycles. The van der Waals surface area contributed by atoms with E-state index in [1.807, 2.05) is 62.4 Å². The summed E-state index contributed by atoms with van der Waals surface area (Å²) in [6.45, 7) is 4.71. The minimum atomic E-state index is -0.528. The van der Waals surface area contributed by atoms with Gasteiger partial charge in [0.05, 0.1) is 13.7 Å². The van der Waals surface area contributed by atoms with E-state index in [1.165, 1.54) is 0 Å². The van der Waals surface area contributed by atoms with Crippen molar-refractivity contribution in [1.29, 1.82) is 0 Å². The maximum atomic E-state index is 13.2. The Bertz CT molecular complexity index is 907. The molecule has 2 amide bonds. The van der Waals surface area contributed by atoms with Crippen LogP contribution in [-0.2, 0) is 16.1 Å². The highest BCUT2D eigenvalue weighted by atomic mass is 16.5. The van der Waals surface area contributed by atoms with Crippen molar-refractivity contribution in [1.82, 2.24) is 10.2 Å². The number of hydrogen-bond acceptors (Lipinski definition) is 4. The third-order valence-corrected chi connectivity index (χ3v) is 6.33. The van der Waals surface area contributed by atoms with Crippen LogP contribution in [0.25, 0.3) is 0 Å². The highest BCUT2D eigenvalue weighted by Gasteiger charge is 2.28. The molecule has 3 rings (SSSR count). The van der Waals surface area contributed by atoms with Gasteiger partial charge in [0.15, 0.2) is 0 Å². The molecule has 6 heteroatoms. The van der Waals surface area contributed by atoms with Crippen molar-refractivity contribution in [3.8, 4) is 11.5 Å². The zero-order valence-electron chi connectivity index (χ0n) is 20.0. The maximum absolute atomic E-state index is 13.2. The lowest BCUT2D eigenvalue weighted by atomic mass is 10.1. The van der Waals surface area contributed by atoms with Crippen molar-refractivity contribution in [3.05, 3.63) is 59.7 Å². The summed E-state index contributed by atoms with van der Waals surface area (Å²) in [4.78, 5) is 27.9. The third kappa shape index (κ3) is 7.24. The topological polar surface area (TPSA) is 67.9 Å². The van der Waals surface area contributed by atoms with Gasteiger partial charge in [0, 0.05) is 19.0 Å². The Labute approximate surface area is 197 Å². The maximum Gasteiger partial charge on any atom is 0.242 e. The number of nitrogens with one attached hydrogen (secondary N) is 1. The van der Waals surface area contributed by atoms with Crippen molar-refractivity contribution < 1.29 is 19.1 Å². The first-order chi connectivity index (χ1) is 16.0. The number of carbonyl (C=O) groups excluding carboxylic acids is 2. The summed E-state index contributed by atoms with van der Waals surface area (Å²) >= 11 is 0. The predicted molar refractivity (Wildman–Crippen MR) is 129 cm³/mol. The summed E-state index contributed by atoms with van der Waals surface area (Å²) in [5.74, 6) is 1.41. The van der Waals surface area contributed by atoms with Crippen LogP contribution in [0.15, 0.2) is 48.5 Å². The lowest BCUT2D eigenvalue weighted by Crippen LogP contribution is -2.49. The van der Waals surface area contributed by atoms with E-state index in [-0.39, 0.29) is 17.9 Å². The van der Waals surface area contributed by atoms with Crippen molar-refractivity contribution in [3.63, 3.8) is 0 Å². The van der Waals surface area contributed by atoms with E-state index in [1.54, 1.807) is 12.0 Å². The molecule has 178 valence electrons. The Kier molecular flexibility index (Phi) is 9.16. The Morgan fingerprint density at radius 3 is 2.39 bits per heavy atom. The van der Waals surface area contributed by atoms with E-state index in [0.29, 0.717) is 26.0 Å². The number of ether oxygens (including phenoxy) is 2. The van der Waals surface area contributed by atoms with Gasteiger partial charge in [0.25, 0.3) is 0 Å². The van der Waals surface area contributed by atoms with Gasteiger partial charge in [0.1, 0.15) is 17.5 Å². The van der Waals surface area contributed by atoms with E-state index in [0.717, 1.165) is 48.3 Å². The molecular weight excluding hydrogens is 416 g/mol. The number of hydrogen-bond donors (Lipinski definition) is 1. The van der Waals surface area contributed by atoms with Gasteiger partial charge in [-0.15, -0.1) is 0 Å². The van der Waals surface area contributed by atoms with Crippen molar-refractivity contribution in [2.24, 2.45) is 0 Å². The predicted octanol–water partition coefficient (Wildman–Crippen LogP) is 4.64. The van der Waals surface area contributed by atoms with Crippen LogP contribution in [0.5, 0.6) is 11.5 Å². The first-order valence-corrected chi connectivity index (χ1v) is 11.9. The molecule has 0 heterocycles. The third-order valence-electron chi connectivity index (χ3n) is 6.33. The van der Waals surface area contributed by atoms with Gasteiger partial charge >= 0.3 is 0 Å². The average molecular weight is 453 g/mol. The second-order valence-corrected chi connectivity index (χ2v) is 8.74. The number of rotatable bonds is 11. The second kappa shape index (κ2) is 12.3. The first kappa shape index (κ1) is 24.6. The van der Waals surface area contributed by atoms with Gasteiger partial charge in [-0.05, 0) is 68.5 Å². The number of methoxy groups -OCH3 is 1. The van der Waals surface area contributed by atoms with Gasteiger partial charge in [-0.3, -0.25) is 9.59 Å². The molecule has 1 aliphatic rings. The molecule has 0 saturated heterocycles. The Balaban J connectivity index is 1.59. The standard InChI is InChI=1S/C27H36N2O4/c1-20-9-4-5-10-22(20)19-29(21(2)27(31)28-23-11-6-7-12-23)26(30)13-8-18-33-25-16-14-24(32-3)15-17-25/h4-5,9-10,14-17,21,23H,6-8,11-13,18-19H2,1-3H3,(H,28,31)/t21-/m0/s1. The van der Waals surface area contributed by atoms with E-state index in [2.05, 4.69) is 5.32 Å². The van der Waals surface area contributed by atoms with Crippen LogP contribution in [-0.4, -0.2) is 42.5 Å². The van der Waals surface area contributed by atoms with Crippen molar-refractivity contribution >= 4 is 11.8 Å². The summed E-state index contributed by atoms with van der Waals surface area (Å²) in [5, 5.41) is 3.14. The molecule has 0 spiro atoms. The Morgan fingerprint density at radius 1 is 1.06 bits per heavy atom. The molecule has 1 aliphatic carbocycles. The minimum absolute atomic E-state index is 0.0364. The van der Waals surface area contributed by atoms with Crippen LogP contribution in [0.1, 0.15) is 56.6 Å². The zero-order valence-corrected chi connectivity index (χ0v) is 20.0. The summed E-state index contributed by atoms with van der Waals surface area (Å²) in [6.07, 6.45) is 5.24. The first-order valence-electron chi connectivity index (χ1n) is 11.9. The minimum Gasteiger partial charge on any atom is -0.497 e. The summed E-state index contributed by atoms with van der Waals surface area (Å²) in [5.41, 5.74) is 2.17. The van der Waals surface area contributed by atoms with Crippen LogP contribution in [0, 0.1) is 6.92 Å². The van der Waals surface area contributed by atoms with Crippen LogP contribution < -0.4 is 14.8 Å². The fraction of sp³-hybridized carbons (Fsp3) is 0.481. The van der Waals surface area contributed by atoms with Crippen LogP contribution in [0.4, 0.5) is 0 Å². The lowest BCUT2D eigenvalue weighted by Gasteiger charge is -2.30. The van der Waals surface area contributed by atoms with Gasteiger partial charge < -0.3 is 19.7 Å². The van der Waals surface area contributed by atoms with E-state index < -0.39 is 6.04 Å². The Hall–Kier alpha value is -3.02. The molecule has 2 aromatic rings. The summed E-state index contributed by atoms with van der Waals surface area (Å²) < 4.78 is 10.9.